The Morgan fingerprint density at radius 2 is 1.96 bits per heavy atom. The predicted molar refractivity (Wildman–Crippen MR) is 96.5 cm³/mol. The third-order valence-electron chi connectivity index (χ3n) is 7.99. The van der Waals surface area contributed by atoms with Gasteiger partial charge in [0.15, 0.2) is 5.79 Å². The van der Waals surface area contributed by atoms with Crippen molar-refractivity contribution in [3.63, 3.8) is 0 Å². The first-order valence-electron chi connectivity index (χ1n) is 10.2. The second-order valence-corrected chi connectivity index (χ2v) is 8.87. The molecule has 4 aliphatic rings. The zero-order valence-corrected chi connectivity index (χ0v) is 15.3. The van der Waals surface area contributed by atoms with Crippen LogP contribution in [0.2, 0.25) is 0 Å². The molecule has 2 saturated carbocycles. The molecule has 0 aromatic heterocycles. The number of fused-ring (bicyclic) bond motifs is 6. The van der Waals surface area contributed by atoms with Crippen LogP contribution in [0.4, 0.5) is 0 Å². The summed E-state index contributed by atoms with van der Waals surface area (Å²) in [6.45, 7) is 4.24. The summed E-state index contributed by atoms with van der Waals surface area (Å²) in [6, 6.07) is 6.96. The molecule has 5 rings (SSSR count). The van der Waals surface area contributed by atoms with Gasteiger partial charge in [-0.2, -0.15) is 0 Å². The Bertz CT molecular complexity index is 663. The molecular formula is C22H30O3. The van der Waals surface area contributed by atoms with Crippen molar-refractivity contribution >= 4 is 0 Å². The number of aryl methyl sites for hydroxylation is 1. The monoisotopic (exact) mass is 342 g/mol. The van der Waals surface area contributed by atoms with E-state index in [0.29, 0.717) is 5.92 Å². The molecule has 3 heteroatoms. The first-order valence-corrected chi connectivity index (χ1v) is 10.2. The highest BCUT2D eigenvalue weighted by molar-refractivity contribution is 5.38. The van der Waals surface area contributed by atoms with Gasteiger partial charge >= 0.3 is 0 Å². The van der Waals surface area contributed by atoms with E-state index in [1.807, 2.05) is 0 Å². The number of hydrogen-bond acceptors (Lipinski definition) is 3. The standard InChI is InChI=1S/C22H30O3/c1-21-9-6-18-17-4-2-15(8-11-23)14-16(17)3-5-19(18)20(21)7-10-22(21)24-12-13-25-22/h2,4,14,18-20,23H,3,5-13H2,1H3/t18-,19?,20+,21+/m1/s1. The molecule has 0 bridgehead atoms. The van der Waals surface area contributed by atoms with Crippen molar-refractivity contribution < 1.29 is 14.6 Å². The molecule has 4 atom stereocenters. The molecule has 1 unspecified atom stereocenters. The average molecular weight is 342 g/mol. The summed E-state index contributed by atoms with van der Waals surface area (Å²) in [4.78, 5) is 0. The second kappa shape index (κ2) is 5.80. The van der Waals surface area contributed by atoms with Gasteiger partial charge in [0.25, 0.3) is 0 Å². The SMILES string of the molecule is C[C@]12CC[C@@H]3c4ccc(CCO)cc4CCC3[C@@H]1CCC21OCCO1. The van der Waals surface area contributed by atoms with Crippen LogP contribution in [-0.2, 0) is 22.3 Å². The van der Waals surface area contributed by atoms with Crippen molar-refractivity contribution in [1.29, 1.82) is 0 Å². The van der Waals surface area contributed by atoms with Crippen LogP contribution in [-0.4, -0.2) is 30.7 Å². The number of benzene rings is 1. The zero-order valence-electron chi connectivity index (χ0n) is 15.3. The maximum atomic E-state index is 9.22. The van der Waals surface area contributed by atoms with Crippen molar-refractivity contribution in [2.75, 3.05) is 19.8 Å². The van der Waals surface area contributed by atoms with Gasteiger partial charge in [-0.1, -0.05) is 25.1 Å². The maximum absolute atomic E-state index is 9.22. The molecule has 1 aromatic carbocycles. The first-order chi connectivity index (χ1) is 12.2. The summed E-state index contributed by atoms with van der Waals surface area (Å²) in [7, 11) is 0. The number of rotatable bonds is 2. The van der Waals surface area contributed by atoms with E-state index >= 15 is 0 Å². The minimum Gasteiger partial charge on any atom is -0.396 e. The summed E-state index contributed by atoms with van der Waals surface area (Å²) in [6.07, 6.45) is 8.09. The average Bonchev–Trinajstić information content (AvgIpc) is 3.21. The predicted octanol–water partition coefficient (Wildman–Crippen LogP) is 3.82. The van der Waals surface area contributed by atoms with E-state index in [4.69, 9.17) is 9.47 Å². The molecule has 0 amide bonds. The molecule has 3 aliphatic carbocycles. The van der Waals surface area contributed by atoms with E-state index in [2.05, 4.69) is 25.1 Å². The normalized spacial score (nSPS) is 38.4. The highest BCUT2D eigenvalue weighted by Gasteiger charge is 2.64. The Labute approximate surface area is 150 Å². The number of hydrogen-bond donors (Lipinski definition) is 1. The zero-order chi connectivity index (χ0) is 17.1. The fourth-order valence-electron chi connectivity index (χ4n) is 6.81. The number of aliphatic hydroxyl groups is 1. The fourth-order valence-corrected chi connectivity index (χ4v) is 6.81. The second-order valence-electron chi connectivity index (χ2n) is 8.87. The van der Waals surface area contributed by atoms with Gasteiger partial charge in [-0.3, -0.25) is 0 Å². The van der Waals surface area contributed by atoms with Crippen LogP contribution < -0.4 is 0 Å². The van der Waals surface area contributed by atoms with E-state index in [0.717, 1.165) is 37.9 Å². The van der Waals surface area contributed by atoms with Crippen molar-refractivity contribution in [2.45, 2.75) is 63.6 Å². The lowest BCUT2D eigenvalue weighted by Gasteiger charge is -2.52. The van der Waals surface area contributed by atoms with Crippen LogP contribution in [0, 0.1) is 17.3 Å². The molecule has 1 heterocycles. The Hall–Kier alpha value is -0.900. The summed E-state index contributed by atoms with van der Waals surface area (Å²) >= 11 is 0. The first kappa shape index (κ1) is 16.3. The quantitative estimate of drug-likeness (QED) is 0.888. The molecule has 1 saturated heterocycles. The third-order valence-corrected chi connectivity index (χ3v) is 7.99. The summed E-state index contributed by atoms with van der Waals surface area (Å²) < 4.78 is 12.4. The number of aliphatic hydroxyl groups excluding tert-OH is 1. The lowest BCUT2D eigenvalue weighted by molar-refractivity contribution is -0.237. The molecule has 1 spiro atoms. The molecule has 1 aromatic rings. The Morgan fingerprint density at radius 1 is 1.12 bits per heavy atom. The van der Waals surface area contributed by atoms with Crippen LogP contribution in [0.25, 0.3) is 0 Å². The smallest absolute Gasteiger partial charge is 0.174 e. The van der Waals surface area contributed by atoms with Gasteiger partial charge in [-0.25, -0.2) is 0 Å². The van der Waals surface area contributed by atoms with Gasteiger partial charge in [0.2, 0.25) is 0 Å². The lowest BCUT2D eigenvalue weighted by atomic mass is 9.55. The highest BCUT2D eigenvalue weighted by atomic mass is 16.7. The summed E-state index contributed by atoms with van der Waals surface area (Å²) in [5.41, 5.74) is 4.61. The topological polar surface area (TPSA) is 38.7 Å². The van der Waals surface area contributed by atoms with E-state index < -0.39 is 0 Å². The lowest BCUT2D eigenvalue weighted by Crippen LogP contribution is -2.51. The molecule has 1 aliphatic heterocycles. The maximum Gasteiger partial charge on any atom is 0.174 e. The van der Waals surface area contributed by atoms with Crippen LogP contribution in [0.3, 0.4) is 0 Å². The van der Waals surface area contributed by atoms with Crippen LogP contribution in [0.5, 0.6) is 0 Å². The van der Waals surface area contributed by atoms with Crippen LogP contribution in [0.1, 0.15) is 61.6 Å². The molecule has 1 N–H and O–H groups in total. The van der Waals surface area contributed by atoms with E-state index in [9.17, 15) is 5.11 Å². The summed E-state index contributed by atoms with van der Waals surface area (Å²) in [5.74, 6) is 1.94. The van der Waals surface area contributed by atoms with Crippen LogP contribution >= 0.6 is 0 Å². The Kier molecular flexibility index (Phi) is 3.78. The van der Waals surface area contributed by atoms with Gasteiger partial charge < -0.3 is 14.6 Å². The Balaban J connectivity index is 1.46. The van der Waals surface area contributed by atoms with Gasteiger partial charge in [0, 0.05) is 18.4 Å². The molecular weight excluding hydrogens is 312 g/mol. The van der Waals surface area contributed by atoms with Crippen molar-refractivity contribution in [3.8, 4) is 0 Å². The minimum atomic E-state index is -0.284. The van der Waals surface area contributed by atoms with Gasteiger partial charge in [0.05, 0.1) is 13.2 Å². The molecule has 25 heavy (non-hydrogen) atoms. The van der Waals surface area contributed by atoms with Crippen molar-refractivity contribution in [3.05, 3.63) is 34.9 Å². The summed E-state index contributed by atoms with van der Waals surface area (Å²) in [5, 5.41) is 9.22. The van der Waals surface area contributed by atoms with E-state index in [1.54, 1.807) is 5.56 Å². The highest BCUT2D eigenvalue weighted by Crippen LogP contribution is 2.66. The van der Waals surface area contributed by atoms with Gasteiger partial charge in [-0.15, -0.1) is 0 Å². The minimum absolute atomic E-state index is 0.193. The fraction of sp³-hybridized carbons (Fsp3) is 0.727. The number of ether oxygens (including phenoxy) is 2. The largest absolute Gasteiger partial charge is 0.396 e. The molecule has 0 radical (unpaired) electrons. The third kappa shape index (κ3) is 2.22. The van der Waals surface area contributed by atoms with Gasteiger partial charge in [-0.05, 0) is 73.0 Å². The molecule has 3 fully saturated rings. The molecule has 136 valence electrons. The van der Waals surface area contributed by atoms with Gasteiger partial charge in [0.1, 0.15) is 0 Å². The van der Waals surface area contributed by atoms with E-state index in [1.165, 1.54) is 43.2 Å². The molecule has 3 nitrogen and oxygen atoms in total. The Morgan fingerprint density at radius 3 is 2.76 bits per heavy atom. The van der Waals surface area contributed by atoms with E-state index in [-0.39, 0.29) is 17.8 Å². The van der Waals surface area contributed by atoms with Crippen molar-refractivity contribution in [2.24, 2.45) is 17.3 Å². The van der Waals surface area contributed by atoms with Crippen LogP contribution in [0.15, 0.2) is 18.2 Å². The van der Waals surface area contributed by atoms with Crippen molar-refractivity contribution in [1.82, 2.24) is 0 Å².